The van der Waals surface area contributed by atoms with Gasteiger partial charge >= 0.3 is 7.12 Å². The molecule has 29 heavy (non-hydrogen) atoms. The SMILES string of the molecule is CCCCCC1CCC(C2(B(O)O)CC=C(c3ccccc3)C(F)(CC)C2)CC1. The minimum atomic E-state index is -1.51. The molecule has 1 aromatic rings. The maximum absolute atomic E-state index is 16.3. The lowest BCUT2D eigenvalue weighted by molar-refractivity contribution is 0.103. The first kappa shape index (κ1) is 22.6. The predicted molar refractivity (Wildman–Crippen MR) is 120 cm³/mol. The van der Waals surface area contributed by atoms with Crippen molar-refractivity contribution in [2.45, 2.75) is 95.5 Å². The summed E-state index contributed by atoms with van der Waals surface area (Å²) in [5.41, 5.74) is 0.129. The van der Waals surface area contributed by atoms with E-state index >= 15 is 4.39 Å². The van der Waals surface area contributed by atoms with E-state index in [-0.39, 0.29) is 12.3 Å². The van der Waals surface area contributed by atoms with Crippen molar-refractivity contribution >= 4 is 12.7 Å². The van der Waals surface area contributed by atoms with Crippen LogP contribution in [0.1, 0.15) is 90.0 Å². The van der Waals surface area contributed by atoms with Crippen molar-refractivity contribution in [2.75, 3.05) is 0 Å². The average molecular weight is 400 g/mol. The maximum Gasteiger partial charge on any atom is 0.458 e. The van der Waals surface area contributed by atoms with Crippen molar-refractivity contribution in [3.05, 3.63) is 42.0 Å². The number of alkyl halides is 1. The fourth-order valence-corrected chi connectivity index (χ4v) is 5.90. The van der Waals surface area contributed by atoms with E-state index in [4.69, 9.17) is 0 Å². The number of allylic oxidation sites excluding steroid dienone is 2. The smallest absolute Gasteiger partial charge is 0.427 e. The lowest BCUT2D eigenvalue weighted by atomic mass is 9.42. The van der Waals surface area contributed by atoms with Gasteiger partial charge in [0.15, 0.2) is 0 Å². The van der Waals surface area contributed by atoms with Crippen LogP contribution in [0.15, 0.2) is 36.4 Å². The summed E-state index contributed by atoms with van der Waals surface area (Å²) in [6.45, 7) is 4.11. The first-order valence-corrected chi connectivity index (χ1v) is 11.8. The van der Waals surface area contributed by atoms with E-state index in [0.29, 0.717) is 12.8 Å². The molecule has 1 aromatic carbocycles. The van der Waals surface area contributed by atoms with E-state index in [1.54, 1.807) is 0 Å². The van der Waals surface area contributed by atoms with Crippen molar-refractivity contribution in [2.24, 2.45) is 11.8 Å². The van der Waals surface area contributed by atoms with Gasteiger partial charge in [-0.15, -0.1) is 0 Å². The summed E-state index contributed by atoms with van der Waals surface area (Å²) in [6.07, 6.45) is 12.5. The van der Waals surface area contributed by atoms with Gasteiger partial charge in [0.25, 0.3) is 0 Å². The lowest BCUT2D eigenvalue weighted by Gasteiger charge is -2.49. The highest BCUT2D eigenvalue weighted by atomic mass is 19.1. The third kappa shape index (κ3) is 4.80. The summed E-state index contributed by atoms with van der Waals surface area (Å²) in [4.78, 5) is 0. The van der Waals surface area contributed by atoms with Crippen molar-refractivity contribution in [3.8, 4) is 0 Å². The minimum Gasteiger partial charge on any atom is -0.427 e. The van der Waals surface area contributed by atoms with Gasteiger partial charge in [-0.1, -0.05) is 102 Å². The third-order valence-electron chi connectivity index (χ3n) is 7.81. The zero-order chi connectivity index (χ0) is 20.9. The summed E-state index contributed by atoms with van der Waals surface area (Å²) >= 11 is 0. The van der Waals surface area contributed by atoms with Gasteiger partial charge in [0, 0.05) is 5.31 Å². The molecule has 2 N–H and O–H groups in total. The maximum atomic E-state index is 16.3. The second kappa shape index (κ2) is 9.79. The van der Waals surface area contributed by atoms with Crippen molar-refractivity contribution in [3.63, 3.8) is 0 Å². The highest BCUT2D eigenvalue weighted by molar-refractivity contribution is 6.46. The van der Waals surface area contributed by atoms with Crippen LogP contribution in [0.25, 0.3) is 5.57 Å². The normalized spacial score (nSPS) is 32.7. The minimum absolute atomic E-state index is 0.181. The molecular formula is C25H38BFO2. The molecule has 2 aliphatic rings. The summed E-state index contributed by atoms with van der Waals surface area (Å²) in [7, 11) is -1.47. The van der Waals surface area contributed by atoms with Gasteiger partial charge < -0.3 is 10.0 Å². The fourth-order valence-electron chi connectivity index (χ4n) is 5.90. The molecule has 0 heterocycles. The van der Waals surface area contributed by atoms with Gasteiger partial charge in [-0.05, 0) is 42.2 Å². The second-order valence-electron chi connectivity index (χ2n) is 9.50. The molecule has 2 atom stereocenters. The molecule has 1 saturated carbocycles. The van der Waals surface area contributed by atoms with Crippen LogP contribution in [-0.2, 0) is 0 Å². The second-order valence-corrected chi connectivity index (χ2v) is 9.50. The molecule has 0 saturated heterocycles. The Kier molecular flexibility index (Phi) is 7.61. The van der Waals surface area contributed by atoms with E-state index in [2.05, 4.69) is 6.92 Å². The molecule has 4 heteroatoms. The molecule has 0 amide bonds. The average Bonchev–Trinajstić information content (AvgIpc) is 2.74. The first-order chi connectivity index (χ1) is 13.9. The molecule has 0 aromatic heterocycles. The molecule has 2 unspecified atom stereocenters. The van der Waals surface area contributed by atoms with E-state index in [1.807, 2.05) is 43.3 Å². The molecule has 0 radical (unpaired) electrons. The van der Waals surface area contributed by atoms with Crippen LogP contribution in [0.3, 0.4) is 0 Å². The molecule has 3 rings (SSSR count). The zero-order valence-electron chi connectivity index (χ0n) is 18.2. The Morgan fingerprint density at radius 2 is 1.72 bits per heavy atom. The summed E-state index contributed by atoms with van der Waals surface area (Å²) in [6, 6.07) is 9.74. The van der Waals surface area contributed by atoms with E-state index in [9.17, 15) is 10.0 Å². The lowest BCUT2D eigenvalue weighted by Crippen LogP contribution is -2.47. The highest BCUT2D eigenvalue weighted by Gasteiger charge is 2.56. The molecular weight excluding hydrogens is 362 g/mol. The number of halogens is 1. The van der Waals surface area contributed by atoms with Gasteiger partial charge in [0.2, 0.25) is 0 Å². The molecule has 0 aliphatic heterocycles. The molecule has 1 fully saturated rings. The Morgan fingerprint density at radius 1 is 1.03 bits per heavy atom. The molecule has 2 nitrogen and oxygen atoms in total. The zero-order valence-corrected chi connectivity index (χ0v) is 18.2. The molecule has 2 aliphatic carbocycles. The van der Waals surface area contributed by atoms with Crippen LogP contribution in [0.4, 0.5) is 4.39 Å². The van der Waals surface area contributed by atoms with Crippen molar-refractivity contribution in [1.82, 2.24) is 0 Å². The quantitative estimate of drug-likeness (QED) is 0.382. The Hall–Kier alpha value is -1.13. The van der Waals surface area contributed by atoms with Gasteiger partial charge in [-0.2, -0.15) is 0 Å². The number of hydrogen-bond acceptors (Lipinski definition) is 2. The molecule has 0 bridgehead atoms. The highest BCUT2D eigenvalue weighted by Crippen LogP contribution is 2.60. The number of benzene rings is 1. The van der Waals surface area contributed by atoms with E-state index < -0.39 is 18.1 Å². The Balaban J connectivity index is 1.79. The van der Waals surface area contributed by atoms with E-state index in [1.165, 1.54) is 25.7 Å². The Bertz CT molecular complexity index is 669. The Morgan fingerprint density at radius 3 is 2.31 bits per heavy atom. The van der Waals surface area contributed by atoms with Crippen LogP contribution in [0.2, 0.25) is 5.31 Å². The molecule has 160 valence electrons. The summed E-state index contributed by atoms with van der Waals surface area (Å²) < 4.78 is 16.3. The summed E-state index contributed by atoms with van der Waals surface area (Å²) in [5, 5.41) is 20.2. The van der Waals surface area contributed by atoms with Crippen LogP contribution in [-0.4, -0.2) is 22.8 Å². The van der Waals surface area contributed by atoms with Gasteiger partial charge in [0.05, 0.1) is 0 Å². The molecule has 0 spiro atoms. The summed E-state index contributed by atoms with van der Waals surface area (Å²) in [5.74, 6) is 0.936. The fraction of sp³-hybridized carbons (Fsp3) is 0.680. The van der Waals surface area contributed by atoms with Crippen molar-refractivity contribution in [1.29, 1.82) is 0 Å². The number of unbranched alkanes of at least 4 members (excludes halogenated alkanes) is 2. The monoisotopic (exact) mass is 400 g/mol. The van der Waals surface area contributed by atoms with Crippen LogP contribution in [0, 0.1) is 11.8 Å². The van der Waals surface area contributed by atoms with Gasteiger partial charge in [0.1, 0.15) is 5.67 Å². The number of rotatable bonds is 8. The van der Waals surface area contributed by atoms with Gasteiger partial charge in [-0.3, -0.25) is 0 Å². The van der Waals surface area contributed by atoms with E-state index in [0.717, 1.165) is 42.7 Å². The van der Waals surface area contributed by atoms with Gasteiger partial charge in [-0.25, -0.2) is 4.39 Å². The predicted octanol–water partition coefficient (Wildman–Crippen LogP) is 6.58. The largest absolute Gasteiger partial charge is 0.458 e. The topological polar surface area (TPSA) is 40.5 Å². The number of hydrogen-bond donors (Lipinski definition) is 2. The van der Waals surface area contributed by atoms with Crippen LogP contribution < -0.4 is 0 Å². The van der Waals surface area contributed by atoms with Crippen LogP contribution >= 0.6 is 0 Å². The van der Waals surface area contributed by atoms with Crippen molar-refractivity contribution < 1.29 is 14.4 Å². The Labute approximate surface area is 176 Å². The first-order valence-electron chi connectivity index (χ1n) is 11.8. The third-order valence-corrected chi connectivity index (χ3v) is 7.81. The standard InChI is InChI=1S/C25H38BFO2/c1-3-5-7-10-20-13-15-22(16-14-20)24(26(28)29)18-17-23(25(27,4-2)19-24)21-11-8-6-9-12-21/h6,8-9,11-12,17,20,22,28-29H,3-5,7,10,13-16,18-19H2,1-2H3. The van der Waals surface area contributed by atoms with Crippen LogP contribution in [0.5, 0.6) is 0 Å².